The van der Waals surface area contributed by atoms with Gasteiger partial charge in [0.15, 0.2) is 0 Å². The highest BCUT2D eigenvalue weighted by atomic mass is 16.3. The van der Waals surface area contributed by atoms with Crippen molar-refractivity contribution in [3.63, 3.8) is 0 Å². The third kappa shape index (κ3) is 5.77. The Morgan fingerprint density at radius 3 is 2.67 bits per heavy atom. The Morgan fingerprint density at radius 1 is 1.19 bits per heavy atom. The summed E-state index contributed by atoms with van der Waals surface area (Å²) in [6, 6.07) is 8.56. The standard InChI is InChI=1S/C18H30N2O/c1-16(18-9-6-8-17(14-18)15-21)19-10-7-13-20-11-4-2-3-5-12-20/h6,8-9,14,16,19,21H,2-5,7,10-13,15H2,1H3. The second-order valence-corrected chi connectivity index (χ2v) is 6.19. The average Bonchev–Trinajstić information content (AvgIpc) is 2.80. The van der Waals surface area contributed by atoms with Crippen LogP contribution in [0.2, 0.25) is 0 Å². The topological polar surface area (TPSA) is 35.5 Å². The average molecular weight is 290 g/mol. The smallest absolute Gasteiger partial charge is 0.0681 e. The molecule has 3 nitrogen and oxygen atoms in total. The molecule has 1 aliphatic rings. The van der Waals surface area contributed by atoms with Crippen molar-refractivity contribution in [2.75, 3.05) is 26.2 Å². The highest BCUT2D eigenvalue weighted by Crippen LogP contribution is 2.14. The van der Waals surface area contributed by atoms with E-state index in [1.807, 2.05) is 12.1 Å². The first-order valence-corrected chi connectivity index (χ1v) is 8.45. The van der Waals surface area contributed by atoms with Crippen molar-refractivity contribution in [1.82, 2.24) is 10.2 Å². The zero-order valence-corrected chi connectivity index (χ0v) is 13.4. The highest BCUT2D eigenvalue weighted by molar-refractivity contribution is 5.25. The molecule has 1 heterocycles. The number of nitrogens with zero attached hydrogens (tertiary/aromatic N) is 1. The van der Waals surface area contributed by atoms with E-state index >= 15 is 0 Å². The summed E-state index contributed by atoms with van der Waals surface area (Å²) in [5, 5.41) is 12.8. The fraction of sp³-hybridized carbons (Fsp3) is 0.667. The third-order valence-electron chi connectivity index (χ3n) is 4.43. The molecule has 2 rings (SSSR count). The minimum absolute atomic E-state index is 0.121. The summed E-state index contributed by atoms with van der Waals surface area (Å²) in [6.45, 7) is 7.16. The van der Waals surface area contributed by atoms with Gasteiger partial charge in [-0.15, -0.1) is 0 Å². The van der Waals surface area contributed by atoms with Gasteiger partial charge in [0.2, 0.25) is 0 Å². The molecule has 0 amide bonds. The van der Waals surface area contributed by atoms with Crippen molar-refractivity contribution in [3.05, 3.63) is 35.4 Å². The van der Waals surface area contributed by atoms with Crippen LogP contribution in [0.5, 0.6) is 0 Å². The zero-order valence-electron chi connectivity index (χ0n) is 13.4. The molecule has 3 heteroatoms. The fourth-order valence-corrected chi connectivity index (χ4v) is 3.06. The van der Waals surface area contributed by atoms with E-state index in [1.54, 1.807) is 0 Å². The summed E-state index contributed by atoms with van der Waals surface area (Å²) in [6.07, 6.45) is 6.78. The monoisotopic (exact) mass is 290 g/mol. The van der Waals surface area contributed by atoms with E-state index in [2.05, 4.69) is 29.3 Å². The lowest BCUT2D eigenvalue weighted by molar-refractivity contribution is 0.278. The van der Waals surface area contributed by atoms with Crippen LogP contribution in [0, 0.1) is 0 Å². The lowest BCUT2D eigenvalue weighted by Gasteiger charge is -2.21. The van der Waals surface area contributed by atoms with Gasteiger partial charge >= 0.3 is 0 Å². The Hall–Kier alpha value is -0.900. The van der Waals surface area contributed by atoms with Crippen LogP contribution in [0.1, 0.15) is 56.2 Å². The lowest BCUT2D eigenvalue weighted by Crippen LogP contribution is -2.29. The molecule has 118 valence electrons. The second kappa shape index (κ2) is 9.19. The lowest BCUT2D eigenvalue weighted by atomic mass is 10.1. The van der Waals surface area contributed by atoms with E-state index in [4.69, 9.17) is 0 Å². The predicted octanol–water partition coefficient (Wildman–Crippen LogP) is 3.10. The maximum absolute atomic E-state index is 9.20. The fourth-order valence-electron chi connectivity index (χ4n) is 3.06. The molecular weight excluding hydrogens is 260 g/mol. The van der Waals surface area contributed by atoms with E-state index in [-0.39, 0.29) is 6.61 Å². The van der Waals surface area contributed by atoms with Crippen LogP contribution in [-0.4, -0.2) is 36.2 Å². The summed E-state index contributed by atoms with van der Waals surface area (Å²) >= 11 is 0. The zero-order chi connectivity index (χ0) is 14.9. The number of aliphatic hydroxyl groups is 1. The van der Waals surface area contributed by atoms with Crippen LogP contribution in [0.4, 0.5) is 0 Å². The molecule has 21 heavy (non-hydrogen) atoms. The van der Waals surface area contributed by atoms with Crippen molar-refractivity contribution < 1.29 is 5.11 Å². The normalized spacial score (nSPS) is 18.4. The molecular formula is C18H30N2O. The van der Waals surface area contributed by atoms with Gasteiger partial charge in [0.25, 0.3) is 0 Å². The van der Waals surface area contributed by atoms with Gasteiger partial charge in [-0.1, -0.05) is 37.1 Å². The van der Waals surface area contributed by atoms with Gasteiger partial charge in [-0.25, -0.2) is 0 Å². The molecule has 1 aromatic rings. The summed E-state index contributed by atoms with van der Waals surface area (Å²) in [5.41, 5.74) is 2.25. The molecule has 0 aliphatic carbocycles. The van der Waals surface area contributed by atoms with E-state index in [9.17, 15) is 5.11 Å². The summed E-state index contributed by atoms with van der Waals surface area (Å²) < 4.78 is 0. The van der Waals surface area contributed by atoms with E-state index in [0.29, 0.717) is 6.04 Å². The van der Waals surface area contributed by atoms with Gasteiger partial charge in [-0.3, -0.25) is 0 Å². The molecule has 0 radical (unpaired) electrons. The maximum atomic E-state index is 9.20. The van der Waals surface area contributed by atoms with Crippen LogP contribution < -0.4 is 5.32 Å². The largest absolute Gasteiger partial charge is 0.392 e. The summed E-state index contributed by atoms with van der Waals surface area (Å²) in [4.78, 5) is 2.62. The highest BCUT2D eigenvalue weighted by Gasteiger charge is 2.09. The van der Waals surface area contributed by atoms with Gasteiger partial charge < -0.3 is 15.3 Å². The molecule has 0 bridgehead atoms. The number of aliphatic hydroxyl groups excluding tert-OH is 1. The van der Waals surface area contributed by atoms with Crippen LogP contribution in [0.3, 0.4) is 0 Å². The molecule has 0 saturated carbocycles. The molecule has 1 atom stereocenters. The summed E-state index contributed by atoms with van der Waals surface area (Å²) in [5.74, 6) is 0. The number of benzene rings is 1. The third-order valence-corrected chi connectivity index (χ3v) is 4.43. The Bertz CT molecular complexity index is 400. The van der Waals surface area contributed by atoms with Gasteiger partial charge in [-0.05, 0) is 63.5 Å². The van der Waals surface area contributed by atoms with Crippen molar-refractivity contribution >= 4 is 0 Å². The van der Waals surface area contributed by atoms with Crippen LogP contribution in [-0.2, 0) is 6.61 Å². The van der Waals surface area contributed by atoms with Crippen molar-refractivity contribution in [2.24, 2.45) is 0 Å². The molecule has 1 saturated heterocycles. The quantitative estimate of drug-likeness (QED) is 0.758. The second-order valence-electron chi connectivity index (χ2n) is 6.19. The Balaban J connectivity index is 1.67. The minimum atomic E-state index is 0.121. The maximum Gasteiger partial charge on any atom is 0.0681 e. The van der Waals surface area contributed by atoms with E-state index < -0.39 is 0 Å². The molecule has 1 aliphatic heterocycles. The SMILES string of the molecule is CC(NCCCN1CCCCCC1)c1cccc(CO)c1. The predicted molar refractivity (Wildman–Crippen MR) is 88.3 cm³/mol. The van der Waals surface area contributed by atoms with Crippen molar-refractivity contribution in [2.45, 2.75) is 51.7 Å². The Labute approximate surface area is 129 Å². The molecule has 1 unspecified atom stereocenters. The number of nitrogens with one attached hydrogen (secondary N) is 1. The van der Waals surface area contributed by atoms with Crippen molar-refractivity contribution in [3.8, 4) is 0 Å². The Morgan fingerprint density at radius 2 is 1.95 bits per heavy atom. The van der Waals surface area contributed by atoms with Gasteiger partial charge in [0.05, 0.1) is 6.61 Å². The number of hydrogen-bond acceptors (Lipinski definition) is 3. The van der Waals surface area contributed by atoms with Gasteiger partial charge in [0, 0.05) is 6.04 Å². The van der Waals surface area contributed by atoms with Crippen LogP contribution in [0.15, 0.2) is 24.3 Å². The molecule has 2 N–H and O–H groups in total. The number of likely N-dealkylation sites (tertiary alicyclic amines) is 1. The minimum Gasteiger partial charge on any atom is -0.392 e. The molecule has 0 spiro atoms. The van der Waals surface area contributed by atoms with Crippen molar-refractivity contribution in [1.29, 1.82) is 0 Å². The summed E-state index contributed by atoms with van der Waals surface area (Å²) in [7, 11) is 0. The molecule has 0 aromatic heterocycles. The number of hydrogen-bond donors (Lipinski definition) is 2. The first kappa shape index (κ1) is 16.5. The van der Waals surface area contributed by atoms with Gasteiger partial charge in [0.1, 0.15) is 0 Å². The van der Waals surface area contributed by atoms with Crippen LogP contribution >= 0.6 is 0 Å². The van der Waals surface area contributed by atoms with E-state index in [1.165, 1.54) is 57.3 Å². The van der Waals surface area contributed by atoms with E-state index in [0.717, 1.165) is 12.1 Å². The molecule has 1 aromatic carbocycles. The van der Waals surface area contributed by atoms with Crippen LogP contribution in [0.25, 0.3) is 0 Å². The Kier molecular flexibility index (Phi) is 7.20. The number of rotatable bonds is 7. The first-order chi connectivity index (χ1) is 10.3. The van der Waals surface area contributed by atoms with Gasteiger partial charge in [-0.2, -0.15) is 0 Å². The molecule has 1 fully saturated rings. The first-order valence-electron chi connectivity index (χ1n) is 8.45.